The molecular weight excluding hydrogens is 192 g/mol. The van der Waals surface area contributed by atoms with Gasteiger partial charge in [0.05, 0.1) is 0 Å². The quantitative estimate of drug-likeness (QED) is 0.401. The molecule has 0 aliphatic heterocycles. The summed E-state index contributed by atoms with van der Waals surface area (Å²) in [5.74, 6) is 0. The summed E-state index contributed by atoms with van der Waals surface area (Å²) in [5, 5.41) is 0. The van der Waals surface area contributed by atoms with Crippen molar-refractivity contribution < 1.29 is 0 Å². The van der Waals surface area contributed by atoms with Crippen molar-refractivity contribution >= 4 is 0 Å². The van der Waals surface area contributed by atoms with Gasteiger partial charge in [0.2, 0.25) is 0 Å². The van der Waals surface area contributed by atoms with E-state index in [-0.39, 0.29) is 0 Å². The molecule has 0 heterocycles. The fraction of sp³-hybridized carbons (Fsp3) is 0.375. The molecule has 0 aromatic carbocycles. The van der Waals surface area contributed by atoms with Gasteiger partial charge in [-0.2, -0.15) is 0 Å². The minimum Gasteiger partial charge on any atom is -0.103 e. The van der Waals surface area contributed by atoms with Crippen LogP contribution in [0.2, 0.25) is 0 Å². The fourth-order valence-corrected chi connectivity index (χ4v) is 0.975. The van der Waals surface area contributed by atoms with Crippen LogP contribution in [0.4, 0.5) is 0 Å². The van der Waals surface area contributed by atoms with Gasteiger partial charge in [0.1, 0.15) is 0 Å². The smallest absolute Gasteiger partial charge is 0.0169 e. The van der Waals surface area contributed by atoms with Gasteiger partial charge in [-0.25, -0.2) is 0 Å². The molecule has 0 bridgehead atoms. The molecule has 0 saturated carbocycles. The van der Waals surface area contributed by atoms with Gasteiger partial charge in [-0.1, -0.05) is 54.7 Å². The third-order valence-corrected chi connectivity index (χ3v) is 1.89. The Kier molecular flexibility index (Phi) is 14.6. The van der Waals surface area contributed by atoms with Gasteiger partial charge >= 0.3 is 0 Å². The highest BCUT2D eigenvalue weighted by atomic mass is 13.9. The monoisotopic (exact) mass is 218 g/mol. The normalized spacial score (nSPS) is 9.56. The number of allylic oxidation sites excluding steroid dienone is 7. The van der Waals surface area contributed by atoms with Gasteiger partial charge in [0, 0.05) is 0 Å². The first-order chi connectivity index (χ1) is 7.58. The summed E-state index contributed by atoms with van der Waals surface area (Å²) in [7, 11) is 0. The van der Waals surface area contributed by atoms with Crippen molar-refractivity contribution in [3.05, 3.63) is 61.3 Å². The molecule has 0 aliphatic carbocycles. The maximum absolute atomic E-state index is 3.68. The van der Waals surface area contributed by atoms with Gasteiger partial charge in [-0.3, -0.25) is 0 Å². The van der Waals surface area contributed by atoms with Gasteiger partial charge in [-0.05, 0) is 40.0 Å². The van der Waals surface area contributed by atoms with Crippen LogP contribution in [0.3, 0.4) is 0 Å². The second-order valence-corrected chi connectivity index (χ2v) is 3.87. The zero-order chi connectivity index (χ0) is 12.8. The van der Waals surface area contributed by atoms with Crippen LogP contribution in [0, 0.1) is 0 Å². The Morgan fingerprint density at radius 3 is 1.88 bits per heavy atom. The van der Waals surface area contributed by atoms with Crippen molar-refractivity contribution in [3.63, 3.8) is 0 Å². The van der Waals surface area contributed by atoms with E-state index in [0.29, 0.717) is 0 Å². The first-order valence-electron chi connectivity index (χ1n) is 5.71. The molecule has 0 unspecified atom stereocenters. The molecular formula is C16H26. The molecule has 0 amide bonds. The molecule has 90 valence electrons. The summed E-state index contributed by atoms with van der Waals surface area (Å²) in [6.07, 6.45) is 13.1. The van der Waals surface area contributed by atoms with Crippen LogP contribution < -0.4 is 0 Å². The molecule has 0 aromatic rings. The van der Waals surface area contributed by atoms with E-state index in [4.69, 9.17) is 0 Å². The Balaban J connectivity index is 0. The Labute approximate surface area is 102 Å². The van der Waals surface area contributed by atoms with E-state index in [1.54, 1.807) is 12.2 Å². The van der Waals surface area contributed by atoms with E-state index in [1.165, 1.54) is 24.0 Å². The lowest BCUT2D eigenvalue weighted by Gasteiger charge is -1.97. The van der Waals surface area contributed by atoms with Gasteiger partial charge < -0.3 is 0 Å². The molecule has 0 atom stereocenters. The van der Waals surface area contributed by atoms with Crippen LogP contribution >= 0.6 is 0 Å². The maximum atomic E-state index is 3.68. The average molecular weight is 218 g/mol. The summed E-state index contributed by atoms with van der Waals surface area (Å²) in [4.78, 5) is 0. The van der Waals surface area contributed by atoms with Crippen molar-refractivity contribution in [2.45, 2.75) is 40.0 Å². The number of hydrogen-bond acceptors (Lipinski definition) is 0. The van der Waals surface area contributed by atoms with Crippen LogP contribution in [0.25, 0.3) is 0 Å². The molecule has 0 aliphatic rings. The van der Waals surface area contributed by atoms with E-state index in [2.05, 4.69) is 52.7 Å². The summed E-state index contributed by atoms with van der Waals surface area (Å²) < 4.78 is 0. The fourth-order valence-electron chi connectivity index (χ4n) is 0.975. The zero-order valence-corrected chi connectivity index (χ0v) is 11.1. The van der Waals surface area contributed by atoms with Crippen molar-refractivity contribution in [1.29, 1.82) is 0 Å². The van der Waals surface area contributed by atoms with E-state index < -0.39 is 0 Å². The maximum Gasteiger partial charge on any atom is -0.0169 e. The number of hydrogen-bond donors (Lipinski definition) is 0. The molecule has 0 saturated heterocycles. The second kappa shape index (κ2) is 13.7. The Morgan fingerprint density at radius 1 is 0.938 bits per heavy atom. The van der Waals surface area contributed by atoms with Crippen LogP contribution in [-0.2, 0) is 0 Å². The summed E-state index contributed by atoms with van der Waals surface area (Å²) >= 11 is 0. The topological polar surface area (TPSA) is 0 Å². The van der Waals surface area contributed by atoms with Gasteiger partial charge in [0.15, 0.2) is 0 Å². The lowest BCUT2D eigenvalue weighted by Crippen LogP contribution is -1.76. The van der Waals surface area contributed by atoms with Crippen LogP contribution in [0.1, 0.15) is 40.0 Å². The molecule has 0 rings (SSSR count). The minimum absolute atomic E-state index is 1.00. The Hall–Kier alpha value is -1.30. The molecule has 0 spiro atoms. The summed E-state index contributed by atoms with van der Waals surface area (Å²) in [5.41, 5.74) is 2.87. The molecule has 0 fully saturated rings. The first kappa shape index (κ1) is 17.1. The molecule has 0 aromatic heterocycles. The lowest BCUT2D eigenvalue weighted by molar-refractivity contribution is 0.958. The Morgan fingerprint density at radius 2 is 1.50 bits per heavy atom. The second-order valence-electron chi connectivity index (χ2n) is 3.87. The zero-order valence-electron chi connectivity index (χ0n) is 11.1. The lowest BCUT2D eigenvalue weighted by atomic mass is 10.1. The molecule has 0 nitrogen and oxygen atoms in total. The van der Waals surface area contributed by atoms with Crippen molar-refractivity contribution in [2.24, 2.45) is 0 Å². The van der Waals surface area contributed by atoms with E-state index in [0.717, 1.165) is 6.42 Å². The third-order valence-electron chi connectivity index (χ3n) is 1.89. The highest BCUT2D eigenvalue weighted by Gasteiger charge is 1.86. The van der Waals surface area contributed by atoms with Crippen molar-refractivity contribution in [3.8, 4) is 0 Å². The highest BCUT2D eigenvalue weighted by molar-refractivity contribution is 5.03. The van der Waals surface area contributed by atoms with Crippen molar-refractivity contribution in [1.82, 2.24) is 0 Å². The van der Waals surface area contributed by atoms with Crippen LogP contribution in [-0.4, -0.2) is 0 Å². The average Bonchev–Trinajstić information content (AvgIpc) is 2.26. The molecule has 0 N–H and O–H groups in total. The molecule has 16 heavy (non-hydrogen) atoms. The molecule has 0 radical (unpaired) electrons. The first-order valence-corrected chi connectivity index (χ1v) is 5.71. The predicted molar refractivity (Wildman–Crippen MR) is 77.6 cm³/mol. The van der Waals surface area contributed by atoms with E-state index >= 15 is 0 Å². The van der Waals surface area contributed by atoms with Gasteiger partial charge in [-0.15, -0.1) is 6.58 Å². The summed E-state index contributed by atoms with van der Waals surface area (Å²) in [6.45, 7) is 16.9. The predicted octanol–water partition coefficient (Wildman–Crippen LogP) is 5.61. The van der Waals surface area contributed by atoms with Crippen molar-refractivity contribution in [2.75, 3.05) is 0 Å². The van der Waals surface area contributed by atoms with Crippen LogP contribution in [0.15, 0.2) is 61.3 Å². The Bertz CT molecular complexity index is 241. The number of rotatable bonds is 6. The minimum atomic E-state index is 1.00. The van der Waals surface area contributed by atoms with Gasteiger partial charge in [0.25, 0.3) is 0 Å². The van der Waals surface area contributed by atoms with E-state index in [1.807, 2.05) is 6.08 Å². The SMILES string of the molecule is C=CC=C.C=CCC=C(C)CCC=C(C)C. The standard InChI is InChI=1S/C12H20.C4H6/c1-5-6-9-12(4)10-7-8-11(2)3;1-3-4-2/h5,8-9H,1,6-7,10H2,2-4H3;3-4H,1-2H2. The largest absolute Gasteiger partial charge is 0.103 e. The third kappa shape index (κ3) is 18.5. The van der Waals surface area contributed by atoms with E-state index in [9.17, 15) is 0 Å². The summed E-state index contributed by atoms with van der Waals surface area (Å²) in [6, 6.07) is 0. The van der Waals surface area contributed by atoms with Crippen LogP contribution in [0.5, 0.6) is 0 Å². The molecule has 0 heteroatoms. The highest BCUT2D eigenvalue weighted by Crippen LogP contribution is 2.07.